The summed E-state index contributed by atoms with van der Waals surface area (Å²) in [7, 11) is -3.63. The summed E-state index contributed by atoms with van der Waals surface area (Å²) in [6.07, 6.45) is 7.25. The van der Waals surface area contributed by atoms with E-state index in [4.69, 9.17) is 5.73 Å². The molecule has 0 aliphatic carbocycles. The van der Waals surface area contributed by atoms with Gasteiger partial charge in [0.05, 0.1) is 0 Å². The first-order chi connectivity index (χ1) is 12.0. The van der Waals surface area contributed by atoms with E-state index < -0.39 is 22.2 Å². The number of aromatic nitrogens is 1. The van der Waals surface area contributed by atoms with E-state index in [1.165, 1.54) is 8.61 Å². The number of piperidine rings is 2. The van der Waals surface area contributed by atoms with E-state index in [9.17, 15) is 13.2 Å². The van der Waals surface area contributed by atoms with E-state index in [2.05, 4.69) is 4.98 Å². The molecule has 2 saturated heterocycles. The first-order valence-electron chi connectivity index (χ1n) is 8.61. The van der Waals surface area contributed by atoms with Gasteiger partial charge in [0.2, 0.25) is 5.91 Å². The predicted molar refractivity (Wildman–Crippen MR) is 97.1 cm³/mol. The summed E-state index contributed by atoms with van der Waals surface area (Å²) in [4.78, 5) is 16.8. The van der Waals surface area contributed by atoms with Crippen LogP contribution in [0.15, 0.2) is 29.4 Å². The molecule has 1 aromatic rings. The van der Waals surface area contributed by atoms with Crippen molar-refractivity contribution in [1.29, 1.82) is 0 Å². The van der Waals surface area contributed by atoms with Crippen molar-refractivity contribution in [2.75, 3.05) is 19.6 Å². The number of primary amides is 1. The molecule has 0 unspecified atom stereocenters. The lowest BCUT2D eigenvalue weighted by Gasteiger charge is -2.38. The summed E-state index contributed by atoms with van der Waals surface area (Å²) in [5.74, 6) is -0.550. The van der Waals surface area contributed by atoms with Gasteiger partial charge in [-0.3, -0.25) is 9.78 Å². The summed E-state index contributed by atoms with van der Waals surface area (Å²) < 4.78 is 28.7. The highest BCUT2D eigenvalue weighted by molar-refractivity contribution is 8.00. The van der Waals surface area contributed by atoms with Crippen LogP contribution < -0.4 is 5.73 Å². The third-order valence-electron chi connectivity index (χ3n) is 4.76. The second kappa shape index (κ2) is 8.03. The SMILES string of the molecule is NC(=O)[C@H]1CCCCN1S(=O)(=O)N1CCC(Sc2ccncc2)CC1. The summed E-state index contributed by atoms with van der Waals surface area (Å²) in [6, 6.07) is 3.24. The molecule has 0 saturated carbocycles. The van der Waals surface area contributed by atoms with Gasteiger partial charge in [0.1, 0.15) is 6.04 Å². The predicted octanol–water partition coefficient (Wildman–Crippen LogP) is 1.22. The minimum Gasteiger partial charge on any atom is -0.368 e. The van der Waals surface area contributed by atoms with Gasteiger partial charge in [0, 0.05) is 42.2 Å². The van der Waals surface area contributed by atoms with Gasteiger partial charge in [0.25, 0.3) is 10.2 Å². The molecule has 138 valence electrons. The van der Waals surface area contributed by atoms with Crippen molar-refractivity contribution in [1.82, 2.24) is 13.6 Å². The van der Waals surface area contributed by atoms with Gasteiger partial charge >= 0.3 is 0 Å². The van der Waals surface area contributed by atoms with Crippen molar-refractivity contribution in [3.63, 3.8) is 0 Å². The third-order valence-corrected chi connectivity index (χ3v) is 8.15. The topological polar surface area (TPSA) is 96.6 Å². The van der Waals surface area contributed by atoms with Crippen LogP contribution in [-0.4, -0.2) is 58.8 Å². The second-order valence-corrected chi connectivity index (χ2v) is 9.69. The van der Waals surface area contributed by atoms with Gasteiger partial charge in [-0.15, -0.1) is 11.8 Å². The highest BCUT2D eigenvalue weighted by Crippen LogP contribution is 2.32. The minimum atomic E-state index is -3.63. The average Bonchev–Trinajstić information content (AvgIpc) is 2.63. The number of hydrogen-bond acceptors (Lipinski definition) is 5. The zero-order valence-corrected chi connectivity index (χ0v) is 15.7. The first kappa shape index (κ1) is 18.6. The molecule has 2 fully saturated rings. The highest BCUT2D eigenvalue weighted by atomic mass is 32.2. The number of rotatable bonds is 5. The third kappa shape index (κ3) is 4.33. The molecule has 2 aliphatic heterocycles. The van der Waals surface area contributed by atoms with Crippen LogP contribution in [0.5, 0.6) is 0 Å². The van der Waals surface area contributed by atoms with E-state index in [0.29, 0.717) is 31.3 Å². The van der Waals surface area contributed by atoms with Crippen molar-refractivity contribution in [2.24, 2.45) is 5.73 Å². The monoisotopic (exact) mass is 384 g/mol. The largest absolute Gasteiger partial charge is 0.368 e. The van der Waals surface area contributed by atoms with Crippen LogP contribution in [0.1, 0.15) is 32.1 Å². The summed E-state index contributed by atoms with van der Waals surface area (Å²) in [5, 5.41) is 0.391. The van der Waals surface area contributed by atoms with Gasteiger partial charge in [-0.2, -0.15) is 17.0 Å². The Hall–Kier alpha value is -1.16. The lowest BCUT2D eigenvalue weighted by molar-refractivity contribution is -0.122. The summed E-state index contributed by atoms with van der Waals surface area (Å²) >= 11 is 1.77. The molecule has 7 nitrogen and oxygen atoms in total. The van der Waals surface area contributed by atoms with Crippen molar-refractivity contribution >= 4 is 27.9 Å². The standard InChI is InChI=1S/C16H24N4O3S2/c17-16(21)15-3-1-2-10-20(15)25(22,23)19-11-6-14(7-12-19)24-13-4-8-18-9-5-13/h4-5,8-9,14-15H,1-3,6-7,10-12H2,(H2,17,21)/t15-/m1/s1. The molecule has 3 heterocycles. The van der Waals surface area contributed by atoms with Crippen LogP contribution in [0.3, 0.4) is 0 Å². The van der Waals surface area contributed by atoms with Crippen LogP contribution in [0.2, 0.25) is 0 Å². The number of amides is 1. The van der Waals surface area contributed by atoms with E-state index in [0.717, 1.165) is 30.6 Å². The van der Waals surface area contributed by atoms with Gasteiger partial charge in [-0.1, -0.05) is 6.42 Å². The van der Waals surface area contributed by atoms with Crippen LogP contribution in [-0.2, 0) is 15.0 Å². The zero-order valence-electron chi connectivity index (χ0n) is 14.1. The van der Waals surface area contributed by atoms with Crippen LogP contribution >= 0.6 is 11.8 Å². The summed E-state index contributed by atoms with van der Waals surface area (Å²) in [6.45, 7) is 1.34. The van der Waals surface area contributed by atoms with E-state index in [-0.39, 0.29) is 0 Å². The Labute approximate surface area is 153 Å². The quantitative estimate of drug-likeness (QED) is 0.823. The maximum atomic E-state index is 12.9. The molecule has 9 heteroatoms. The molecular formula is C16H24N4O3S2. The van der Waals surface area contributed by atoms with Gasteiger partial charge < -0.3 is 5.73 Å². The van der Waals surface area contributed by atoms with E-state index in [1.807, 2.05) is 12.1 Å². The molecule has 25 heavy (non-hydrogen) atoms. The maximum absolute atomic E-state index is 12.9. The van der Waals surface area contributed by atoms with Crippen LogP contribution in [0.25, 0.3) is 0 Å². The molecule has 2 aliphatic rings. The normalized spacial score (nSPS) is 24.2. The van der Waals surface area contributed by atoms with Gasteiger partial charge in [-0.05, 0) is 37.8 Å². The summed E-state index contributed by atoms with van der Waals surface area (Å²) in [5.41, 5.74) is 5.42. The van der Waals surface area contributed by atoms with Crippen molar-refractivity contribution in [3.05, 3.63) is 24.5 Å². The number of nitrogens with zero attached hydrogens (tertiary/aromatic N) is 3. The van der Waals surface area contributed by atoms with Gasteiger partial charge in [-0.25, -0.2) is 0 Å². The lowest BCUT2D eigenvalue weighted by Crippen LogP contribution is -2.56. The minimum absolute atomic E-state index is 0.377. The Morgan fingerprint density at radius 3 is 2.44 bits per heavy atom. The highest BCUT2D eigenvalue weighted by Gasteiger charge is 2.40. The van der Waals surface area contributed by atoms with Crippen LogP contribution in [0, 0.1) is 0 Å². The number of carbonyl (C=O) groups is 1. The van der Waals surface area contributed by atoms with Gasteiger partial charge in [0.15, 0.2) is 0 Å². The zero-order chi connectivity index (χ0) is 17.9. The van der Waals surface area contributed by atoms with Crippen molar-refractivity contribution in [2.45, 2.75) is 48.3 Å². The average molecular weight is 385 g/mol. The fourth-order valence-corrected chi connectivity index (χ4v) is 6.37. The van der Waals surface area contributed by atoms with Crippen molar-refractivity contribution in [3.8, 4) is 0 Å². The number of hydrogen-bond donors (Lipinski definition) is 1. The Morgan fingerprint density at radius 2 is 1.80 bits per heavy atom. The molecule has 3 rings (SSSR count). The van der Waals surface area contributed by atoms with Crippen LogP contribution in [0.4, 0.5) is 0 Å². The molecule has 0 aromatic carbocycles. The first-order valence-corrected chi connectivity index (χ1v) is 10.9. The number of carbonyl (C=O) groups excluding carboxylic acids is 1. The molecule has 0 spiro atoms. The lowest BCUT2D eigenvalue weighted by atomic mass is 10.0. The second-order valence-electron chi connectivity index (χ2n) is 6.43. The molecule has 2 N–H and O–H groups in total. The Bertz CT molecular complexity index is 691. The molecular weight excluding hydrogens is 360 g/mol. The molecule has 1 aromatic heterocycles. The maximum Gasteiger partial charge on any atom is 0.282 e. The fraction of sp³-hybridized carbons (Fsp3) is 0.625. The van der Waals surface area contributed by atoms with E-state index in [1.54, 1.807) is 24.2 Å². The molecule has 0 radical (unpaired) electrons. The fourth-order valence-electron chi connectivity index (χ4n) is 3.40. The molecule has 0 bridgehead atoms. The number of nitrogens with two attached hydrogens (primary N) is 1. The Morgan fingerprint density at radius 1 is 1.12 bits per heavy atom. The van der Waals surface area contributed by atoms with E-state index >= 15 is 0 Å². The smallest absolute Gasteiger partial charge is 0.282 e. The Balaban J connectivity index is 1.62. The van der Waals surface area contributed by atoms with Crippen molar-refractivity contribution < 1.29 is 13.2 Å². The number of thioether (sulfide) groups is 1. The Kier molecular flexibility index (Phi) is 5.98. The molecule has 1 atom stereocenters. The number of pyridine rings is 1. The molecule has 1 amide bonds.